The molecule has 5 rings (SSSR count). The zero-order valence-corrected chi connectivity index (χ0v) is 20.7. The van der Waals surface area contributed by atoms with E-state index >= 15 is 0 Å². The molecule has 0 aliphatic carbocycles. The van der Waals surface area contributed by atoms with Crippen molar-refractivity contribution in [3.8, 4) is 17.1 Å². The first-order valence-electron chi connectivity index (χ1n) is 12.0. The Morgan fingerprint density at radius 3 is 2.33 bits per heavy atom. The number of piperidine rings is 1. The van der Waals surface area contributed by atoms with Crippen molar-refractivity contribution < 1.29 is 41.4 Å². The highest BCUT2D eigenvalue weighted by Crippen LogP contribution is 2.33. The van der Waals surface area contributed by atoms with Crippen LogP contribution < -0.4 is 4.74 Å². The molecule has 1 amide bonds. The van der Waals surface area contributed by atoms with Crippen LogP contribution in [0.1, 0.15) is 16.8 Å². The van der Waals surface area contributed by atoms with Crippen LogP contribution in [0.25, 0.3) is 22.2 Å². The number of aliphatic carboxylic acids is 1. The van der Waals surface area contributed by atoms with Crippen molar-refractivity contribution in [2.45, 2.75) is 24.6 Å². The summed E-state index contributed by atoms with van der Waals surface area (Å²) in [5.41, 5.74) is 2.34. The first kappa shape index (κ1) is 28.4. The SMILES string of the molecule is O=C(O)C(F)(F)F.O=C(c1cccnc1-c1ccccc1)N1CCC(F)(F)[C@@H](Oc2ccc3ccccc3n2)C1. The lowest BCUT2D eigenvalue weighted by molar-refractivity contribution is -0.192. The molecule has 1 fully saturated rings. The molecule has 1 N–H and O–H groups in total. The van der Waals surface area contributed by atoms with E-state index in [0.717, 1.165) is 10.9 Å². The maximum atomic E-state index is 14.7. The molecule has 0 unspecified atom stereocenters. The van der Waals surface area contributed by atoms with Crippen molar-refractivity contribution in [2.75, 3.05) is 13.1 Å². The maximum Gasteiger partial charge on any atom is 0.490 e. The number of halogens is 5. The van der Waals surface area contributed by atoms with Crippen LogP contribution in [-0.4, -0.2) is 63.1 Å². The molecule has 1 aliphatic heterocycles. The summed E-state index contributed by atoms with van der Waals surface area (Å²) in [6.45, 7) is -0.316. The molecule has 2 aromatic carbocycles. The van der Waals surface area contributed by atoms with Gasteiger partial charge in [0, 0.05) is 36.2 Å². The molecule has 0 spiro atoms. The van der Waals surface area contributed by atoms with E-state index in [-0.39, 0.29) is 24.9 Å². The molecule has 0 bridgehead atoms. The van der Waals surface area contributed by atoms with Gasteiger partial charge < -0.3 is 14.7 Å². The van der Waals surface area contributed by atoms with Crippen molar-refractivity contribution >= 4 is 22.8 Å². The van der Waals surface area contributed by atoms with Crippen molar-refractivity contribution in [1.82, 2.24) is 14.9 Å². The quantitative estimate of drug-likeness (QED) is 0.315. The first-order chi connectivity index (χ1) is 19.0. The number of hydrogen-bond acceptors (Lipinski definition) is 5. The minimum Gasteiger partial charge on any atom is -0.475 e. The van der Waals surface area contributed by atoms with E-state index < -0.39 is 30.6 Å². The molecule has 1 atom stereocenters. The van der Waals surface area contributed by atoms with Crippen LogP contribution in [0.4, 0.5) is 22.0 Å². The number of fused-ring (bicyclic) bond motifs is 1. The predicted octanol–water partition coefficient (Wildman–Crippen LogP) is 5.86. The Hall–Kier alpha value is -4.61. The first-order valence-corrected chi connectivity index (χ1v) is 12.0. The number of nitrogens with zero attached hydrogens (tertiary/aromatic N) is 3. The molecule has 40 heavy (non-hydrogen) atoms. The van der Waals surface area contributed by atoms with Gasteiger partial charge in [0.25, 0.3) is 11.8 Å². The van der Waals surface area contributed by atoms with Gasteiger partial charge in [0.2, 0.25) is 5.88 Å². The third kappa shape index (κ3) is 6.68. The van der Waals surface area contributed by atoms with Crippen LogP contribution in [0.5, 0.6) is 5.88 Å². The van der Waals surface area contributed by atoms with E-state index in [9.17, 15) is 26.7 Å². The highest BCUT2D eigenvalue weighted by molar-refractivity contribution is 6.00. The number of carboxylic acids is 1. The highest BCUT2D eigenvalue weighted by atomic mass is 19.4. The average molecular weight is 559 g/mol. The van der Waals surface area contributed by atoms with E-state index in [2.05, 4.69) is 9.97 Å². The number of pyridine rings is 2. The molecular weight excluding hydrogens is 537 g/mol. The second-order valence-electron chi connectivity index (χ2n) is 8.78. The van der Waals surface area contributed by atoms with Gasteiger partial charge in [-0.05, 0) is 24.3 Å². The number of benzene rings is 2. The molecule has 1 aliphatic rings. The number of rotatable bonds is 4. The van der Waals surface area contributed by atoms with Gasteiger partial charge in [-0.1, -0.05) is 48.5 Å². The monoisotopic (exact) mass is 559 g/mol. The Morgan fingerprint density at radius 1 is 0.950 bits per heavy atom. The Bertz CT molecular complexity index is 1500. The van der Waals surface area contributed by atoms with Gasteiger partial charge in [-0.25, -0.2) is 18.6 Å². The summed E-state index contributed by atoms with van der Waals surface area (Å²) >= 11 is 0. The Balaban J connectivity index is 0.000000470. The van der Waals surface area contributed by atoms with Crippen molar-refractivity contribution in [1.29, 1.82) is 0 Å². The molecule has 7 nitrogen and oxygen atoms in total. The normalized spacial score (nSPS) is 16.5. The van der Waals surface area contributed by atoms with E-state index in [0.29, 0.717) is 16.8 Å². The fraction of sp³-hybridized carbons (Fsp3) is 0.214. The number of likely N-dealkylation sites (tertiary alicyclic amines) is 1. The van der Waals surface area contributed by atoms with Gasteiger partial charge in [0.15, 0.2) is 6.10 Å². The van der Waals surface area contributed by atoms with E-state index in [1.54, 1.807) is 36.5 Å². The Morgan fingerprint density at radius 2 is 1.62 bits per heavy atom. The average Bonchev–Trinajstić information content (AvgIpc) is 2.94. The number of carbonyl (C=O) groups excluding carboxylic acids is 1. The van der Waals surface area contributed by atoms with Crippen molar-refractivity contribution in [2.24, 2.45) is 0 Å². The number of ether oxygens (including phenoxy) is 1. The number of alkyl halides is 5. The van der Waals surface area contributed by atoms with E-state index in [4.69, 9.17) is 14.6 Å². The third-order valence-corrected chi connectivity index (χ3v) is 6.02. The smallest absolute Gasteiger partial charge is 0.475 e. The fourth-order valence-electron chi connectivity index (χ4n) is 4.01. The lowest BCUT2D eigenvalue weighted by Crippen LogP contribution is -2.55. The second kappa shape index (κ2) is 11.6. The summed E-state index contributed by atoms with van der Waals surface area (Å²) in [4.78, 5) is 32.4. The number of hydrogen-bond donors (Lipinski definition) is 1. The standard InChI is InChI=1S/C26H21F2N3O2.C2HF3O2/c27-26(28)14-16-31(17-22(26)33-23-13-12-18-7-4-5-11-21(18)30-23)25(32)20-10-6-15-29-24(20)19-8-2-1-3-9-19;3-2(4,5)1(6)7/h1-13,15,22H,14,16-17H2;(H,6,7)/t22-;/m0./s1. The summed E-state index contributed by atoms with van der Waals surface area (Å²) in [7, 11) is 0. The number of carbonyl (C=O) groups is 2. The lowest BCUT2D eigenvalue weighted by Gasteiger charge is -2.38. The van der Waals surface area contributed by atoms with Crippen LogP contribution in [0.15, 0.2) is 85.1 Å². The van der Waals surface area contributed by atoms with Gasteiger partial charge in [0.1, 0.15) is 0 Å². The van der Waals surface area contributed by atoms with Crippen LogP contribution in [-0.2, 0) is 4.79 Å². The van der Waals surface area contributed by atoms with Gasteiger partial charge in [-0.3, -0.25) is 9.78 Å². The minimum absolute atomic E-state index is 0.0695. The Labute approximate surface area is 224 Å². The molecule has 0 saturated carbocycles. The van der Waals surface area contributed by atoms with E-state index in [1.807, 2.05) is 48.5 Å². The van der Waals surface area contributed by atoms with Gasteiger partial charge in [-0.2, -0.15) is 13.2 Å². The summed E-state index contributed by atoms with van der Waals surface area (Å²) < 4.78 is 66.9. The molecule has 1 saturated heterocycles. The van der Waals surface area contributed by atoms with Crippen LogP contribution >= 0.6 is 0 Å². The molecule has 208 valence electrons. The number of aromatic nitrogens is 2. The molecule has 2 aromatic heterocycles. The topological polar surface area (TPSA) is 92.6 Å². The second-order valence-corrected chi connectivity index (χ2v) is 8.78. The molecule has 3 heterocycles. The summed E-state index contributed by atoms with van der Waals surface area (Å²) in [5.74, 6) is -6.08. The van der Waals surface area contributed by atoms with Crippen LogP contribution in [0, 0.1) is 0 Å². The predicted molar refractivity (Wildman–Crippen MR) is 135 cm³/mol. The van der Waals surface area contributed by atoms with Crippen molar-refractivity contribution in [3.63, 3.8) is 0 Å². The lowest BCUT2D eigenvalue weighted by atomic mass is 10.0. The zero-order valence-electron chi connectivity index (χ0n) is 20.7. The maximum absolute atomic E-state index is 14.7. The summed E-state index contributed by atoms with van der Waals surface area (Å²) in [6, 6.07) is 23.4. The number of amides is 1. The van der Waals surface area contributed by atoms with Gasteiger partial charge in [-0.15, -0.1) is 0 Å². The number of para-hydroxylation sites is 1. The van der Waals surface area contributed by atoms with Crippen LogP contribution in [0.3, 0.4) is 0 Å². The van der Waals surface area contributed by atoms with E-state index in [1.165, 1.54) is 4.90 Å². The molecule has 4 aromatic rings. The van der Waals surface area contributed by atoms with Gasteiger partial charge >= 0.3 is 12.1 Å². The van der Waals surface area contributed by atoms with Crippen molar-refractivity contribution in [3.05, 3.63) is 90.6 Å². The summed E-state index contributed by atoms with van der Waals surface area (Å²) in [6.07, 6.45) is -5.46. The largest absolute Gasteiger partial charge is 0.490 e. The zero-order chi connectivity index (χ0) is 28.9. The number of carboxylic acid groups (broad SMARTS) is 1. The molecular formula is C28H22F5N3O4. The van der Waals surface area contributed by atoms with Gasteiger partial charge in [0.05, 0.1) is 23.3 Å². The highest BCUT2D eigenvalue weighted by Gasteiger charge is 2.47. The minimum atomic E-state index is -5.08. The Kier molecular flexibility index (Phi) is 8.26. The third-order valence-electron chi connectivity index (χ3n) is 6.02. The van der Waals surface area contributed by atoms with Crippen LogP contribution in [0.2, 0.25) is 0 Å². The summed E-state index contributed by atoms with van der Waals surface area (Å²) in [5, 5.41) is 8.02. The molecule has 0 radical (unpaired) electrons. The molecule has 12 heteroatoms. The fourth-order valence-corrected chi connectivity index (χ4v) is 4.01.